The Morgan fingerprint density at radius 3 is 2.52 bits per heavy atom. The minimum absolute atomic E-state index is 0.247. The topological polar surface area (TPSA) is 69.7 Å². The molecule has 0 N–H and O–H groups in total. The molecule has 2 aromatic rings. The maximum Gasteiger partial charge on any atom is 0.348 e. The van der Waals surface area contributed by atoms with E-state index in [-0.39, 0.29) is 38.6 Å². The van der Waals surface area contributed by atoms with Crippen molar-refractivity contribution in [3.8, 4) is 5.75 Å². The molecule has 1 aliphatic rings. The van der Waals surface area contributed by atoms with Crippen molar-refractivity contribution in [1.82, 2.24) is 0 Å². The molecule has 6 heteroatoms. The molecule has 0 amide bonds. The fourth-order valence-electron chi connectivity index (χ4n) is 2.48. The zero-order valence-corrected chi connectivity index (χ0v) is 13.7. The monoisotopic (exact) mass is 330 g/mol. The number of fused-ring (bicyclic) bond motifs is 2. The summed E-state index contributed by atoms with van der Waals surface area (Å²) in [5.41, 5.74) is 0.790. The zero-order chi connectivity index (χ0) is 16.7. The SMILES string of the molecule is COc1cccc2c1C(=O)c1sc(C(=O)OC(C)C)cc1C2=O. The van der Waals surface area contributed by atoms with Crippen LogP contribution in [0.2, 0.25) is 0 Å². The number of carbonyl (C=O) groups is 3. The molecule has 0 spiro atoms. The van der Waals surface area contributed by atoms with Gasteiger partial charge in [-0.15, -0.1) is 11.3 Å². The van der Waals surface area contributed by atoms with Gasteiger partial charge in [-0.25, -0.2) is 4.79 Å². The van der Waals surface area contributed by atoms with Gasteiger partial charge in [0.2, 0.25) is 5.78 Å². The summed E-state index contributed by atoms with van der Waals surface area (Å²) < 4.78 is 10.3. The lowest BCUT2D eigenvalue weighted by Gasteiger charge is -2.16. The van der Waals surface area contributed by atoms with Crippen LogP contribution in [0, 0.1) is 0 Å². The number of thiophene rings is 1. The fourth-order valence-corrected chi connectivity index (χ4v) is 3.47. The summed E-state index contributed by atoms with van der Waals surface area (Å²) in [6.45, 7) is 3.48. The van der Waals surface area contributed by atoms with E-state index >= 15 is 0 Å². The standard InChI is InChI=1S/C17H14O5S/c1-8(2)22-17(20)12-7-10-14(18)9-5-4-6-11(21-3)13(9)15(19)16(10)23-12/h4-8H,1-3H3. The summed E-state index contributed by atoms with van der Waals surface area (Å²) in [4.78, 5) is 37.9. The van der Waals surface area contributed by atoms with E-state index in [2.05, 4.69) is 0 Å². The van der Waals surface area contributed by atoms with Gasteiger partial charge in [-0.05, 0) is 26.0 Å². The lowest BCUT2D eigenvalue weighted by Crippen LogP contribution is -2.19. The smallest absolute Gasteiger partial charge is 0.348 e. The van der Waals surface area contributed by atoms with Gasteiger partial charge in [-0.3, -0.25) is 9.59 Å². The van der Waals surface area contributed by atoms with Gasteiger partial charge in [-0.2, -0.15) is 0 Å². The molecule has 0 saturated carbocycles. The number of hydrogen-bond donors (Lipinski definition) is 0. The molecule has 1 aromatic carbocycles. The van der Waals surface area contributed by atoms with Crippen molar-refractivity contribution < 1.29 is 23.9 Å². The van der Waals surface area contributed by atoms with E-state index in [1.54, 1.807) is 32.0 Å². The number of esters is 1. The molecular formula is C17H14O5S. The highest BCUT2D eigenvalue weighted by Gasteiger charge is 2.35. The van der Waals surface area contributed by atoms with Crippen LogP contribution in [0.3, 0.4) is 0 Å². The van der Waals surface area contributed by atoms with E-state index in [1.165, 1.54) is 13.2 Å². The molecule has 1 aliphatic carbocycles. The summed E-state index contributed by atoms with van der Waals surface area (Å²) in [6, 6.07) is 6.32. The lowest BCUT2D eigenvalue weighted by atomic mass is 9.88. The van der Waals surface area contributed by atoms with Crippen molar-refractivity contribution in [2.75, 3.05) is 7.11 Å². The molecule has 0 aliphatic heterocycles. The van der Waals surface area contributed by atoms with Gasteiger partial charge in [0.25, 0.3) is 0 Å². The van der Waals surface area contributed by atoms with Crippen molar-refractivity contribution in [2.24, 2.45) is 0 Å². The average Bonchev–Trinajstić information content (AvgIpc) is 2.97. The summed E-state index contributed by atoms with van der Waals surface area (Å²) >= 11 is 0.980. The molecule has 0 unspecified atom stereocenters. The van der Waals surface area contributed by atoms with Crippen LogP contribution in [0.25, 0.3) is 0 Å². The number of rotatable bonds is 3. The zero-order valence-electron chi connectivity index (χ0n) is 12.8. The van der Waals surface area contributed by atoms with Crippen molar-refractivity contribution in [2.45, 2.75) is 20.0 Å². The van der Waals surface area contributed by atoms with Crippen LogP contribution < -0.4 is 4.74 Å². The molecule has 5 nitrogen and oxygen atoms in total. The Morgan fingerprint density at radius 2 is 1.87 bits per heavy atom. The normalized spacial score (nSPS) is 12.9. The fraction of sp³-hybridized carbons (Fsp3) is 0.235. The molecule has 3 rings (SSSR count). The van der Waals surface area contributed by atoms with Crippen molar-refractivity contribution >= 4 is 28.9 Å². The maximum atomic E-state index is 12.7. The van der Waals surface area contributed by atoms with Crippen LogP contribution >= 0.6 is 11.3 Å². The Bertz CT molecular complexity index is 832. The second-order valence-electron chi connectivity index (χ2n) is 5.35. The molecule has 0 bridgehead atoms. The molecule has 23 heavy (non-hydrogen) atoms. The van der Waals surface area contributed by atoms with Crippen LogP contribution in [0.5, 0.6) is 5.75 Å². The third kappa shape index (κ3) is 2.45. The van der Waals surface area contributed by atoms with E-state index in [0.29, 0.717) is 11.3 Å². The quantitative estimate of drug-likeness (QED) is 0.690. The van der Waals surface area contributed by atoms with Gasteiger partial charge < -0.3 is 9.47 Å². The van der Waals surface area contributed by atoms with Gasteiger partial charge in [0.05, 0.1) is 23.7 Å². The summed E-state index contributed by atoms with van der Waals surface area (Å²) in [5, 5.41) is 0. The second kappa shape index (κ2) is 5.62. The van der Waals surface area contributed by atoms with Crippen molar-refractivity contribution in [1.29, 1.82) is 0 Å². The minimum Gasteiger partial charge on any atom is -0.496 e. The first kappa shape index (κ1) is 15.4. The van der Waals surface area contributed by atoms with Gasteiger partial charge >= 0.3 is 5.97 Å². The minimum atomic E-state index is -0.531. The first-order valence-corrected chi connectivity index (χ1v) is 7.87. The van der Waals surface area contributed by atoms with Gasteiger partial charge in [0, 0.05) is 11.1 Å². The molecule has 118 valence electrons. The molecule has 0 saturated heterocycles. The highest BCUT2D eigenvalue weighted by molar-refractivity contribution is 7.16. The first-order valence-electron chi connectivity index (χ1n) is 7.05. The summed E-state index contributed by atoms with van der Waals surface area (Å²) in [5.74, 6) is -0.767. The Morgan fingerprint density at radius 1 is 1.13 bits per heavy atom. The van der Waals surface area contributed by atoms with Crippen molar-refractivity contribution in [3.63, 3.8) is 0 Å². The predicted molar refractivity (Wildman–Crippen MR) is 84.7 cm³/mol. The van der Waals surface area contributed by atoms with Gasteiger partial charge in [-0.1, -0.05) is 12.1 Å². The Kier molecular flexibility index (Phi) is 3.77. The number of benzene rings is 1. The Labute approximate surface area is 136 Å². The van der Waals surface area contributed by atoms with E-state index in [0.717, 1.165) is 11.3 Å². The molecule has 0 fully saturated rings. The van der Waals surface area contributed by atoms with E-state index < -0.39 is 5.97 Å². The van der Waals surface area contributed by atoms with Gasteiger partial charge in [0.15, 0.2) is 5.78 Å². The predicted octanol–water partition coefficient (Wildman–Crippen LogP) is 3.10. The van der Waals surface area contributed by atoms with Crippen LogP contribution in [0.1, 0.15) is 54.7 Å². The number of methoxy groups -OCH3 is 1. The summed E-state index contributed by atoms with van der Waals surface area (Å²) in [6.07, 6.45) is -0.273. The molecule has 1 heterocycles. The van der Waals surface area contributed by atoms with E-state index in [4.69, 9.17) is 9.47 Å². The first-order chi connectivity index (χ1) is 10.9. The summed E-state index contributed by atoms with van der Waals surface area (Å²) in [7, 11) is 1.45. The average molecular weight is 330 g/mol. The van der Waals surface area contributed by atoms with Crippen molar-refractivity contribution in [3.05, 3.63) is 50.7 Å². The molecule has 0 radical (unpaired) electrons. The highest BCUT2D eigenvalue weighted by Crippen LogP contribution is 2.37. The van der Waals surface area contributed by atoms with E-state index in [9.17, 15) is 14.4 Å². The lowest BCUT2D eigenvalue weighted by molar-refractivity contribution is 0.0383. The number of hydrogen-bond acceptors (Lipinski definition) is 6. The van der Waals surface area contributed by atoms with Crippen LogP contribution in [0.15, 0.2) is 24.3 Å². The van der Waals surface area contributed by atoms with Crippen LogP contribution in [-0.2, 0) is 4.74 Å². The van der Waals surface area contributed by atoms with E-state index in [1.807, 2.05) is 0 Å². The van der Waals surface area contributed by atoms with Gasteiger partial charge in [0.1, 0.15) is 10.6 Å². The number of ether oxygens (including phenoxy) is 2. The maximum absolute atomic E-state index is 12.7. The molecular weight excluding hydrogens is 316 g/mol. The third-order valence-corrected chi connectivity index (χ3v) is 4.56. The Hall–Kier alpha value is -2.47. The molecule has 0 atom stereocenters. The van der Waals surface area contributed by atoms with Crippen LogP contribution in [-0.4, -0.2) is 30.7 Å². The second-order valence-corrected chi connectivity index (χ2v) is 6.40. The largest absolute Gasteiger partial charge is 0.496 e. The molecule has 1 aromatic heterocycles. The number of ketones is 2. The van der Waals surface area contributed by atoms with Crippen LogP contribution in [0.4, 0.5) is 0 Å². The Balaban J connectivity index is 2.11. The third-order valence-electron chi connectivity index (χ3n) is 3.44. The number of carbonyl (C=O) groups excluding carboxylic acids is 3. The highest BCUT2D eigenvalue weighted by atomic mass is 32.1.